The first-order valence-electron chi connectivity index (χ1n) is 6.11. The molecular weight excluding hydrogens is 363 g/mol. The lowest BCUT2D eigenvalue weighted by Crippen LogP contribution is -2.20. The summed E-state index contributed by atoms with van der Waals surface area (Å²) >= 11 is 3.19. The number of aromatic nitrogens is 3. The summed E-state index contributed by atoms with van der Waals surface area (Å²) < 4.78 is 38.6. The average Bonchev–Trinajstić information content (AvgIpc) is 2.69. The van der Waals surface area contributed by atoms with Gasteiger partial charge in [-0.3, -0.25) is 4.57 Å². The summed E-state index contributed by atoms with van der Waals surface area (Å²) in [5.74, 6) is -0.0687. The molecule has 2 rings (SSSR count). The van der Waals surface area contributed by atoms with Crippen LogP contribution in [0.1, 0.15) is 13.8 Å². The number of hydrogen-bond donors (Lipinski definition) is 1. The zero-order valence-electron chi connectivity index (χ0n) is 11.4. The molecule has 21 heavy (non-hydrogen) atoms. The molecule has 0 bridgehead atoms. The molecule has 0 saturated carbocycles. The van der Waals surface area contributed by atoms with Crippen LogP contribution in [-0.4, -0.2) is 23.2 Å². The first kappa shape index (κ1) is 16.1. The van der Waals surface area contributed by atoms with Crippen LogP contribution >= 0.6 is 15.9 Å². The molecule has 0 amide bonds. The van der Waals surface area contributed by atoms with Gasteiger partial charge < -0.3 is 0 Å². The van der Waals surface area contributed by atoms with Gasteiger partial charge in [0.1, 0.15) is 5.82 Å². The van der Waals surface area contributed by atoms with E-state index in [-0.39, 0.29) is 16.9 Å². The molecule has 1 aromatic heterocycles. The zero-order chi connectivity index (χ0) is 15.8. The SMILES string of the molecule is CC(C)Cn1c(-c2cc(F)cc(Br)c2)nnc1S(N)(=O)=O. The van der Waals surface area contributed by atoms with E-state index in [0.29, 0.717) is 16.6 Å². The maximum atomic E-state index is 13.5. The summed E-state index contributed by atoms with van der Waals surface area (Å²) in [6.07, 6.45) is 0. The summed E-state index contributed by atoms with van der Waals surface area (Å²) in [5.41, 5.74) is 0.421. The van der Waals surface area contributed by atoms with Crippen molar-refractivity contribution in [1.82, 2.24) is 14.8 Å². The maximum Gasteiger partial charge on any atom is 0.273 e. The van der Waals surface area contributed by atoms with Gasteiger partial charge in [0, 0.05) is 16.6 Å². The molecule has 0 aliphatic carbocycles. The molecule has 0 spiro atoms. The normalized spacial score (nSPS) is 12.1. The molecule has 2 aromatic rings. The highest BCUT2D eigenvalue weighted by atomic mass is 79.9. The second-order valence-electron chi connectivity index (χ2n) is 5.01. The third-order valence-corrected chi connectivity index (χ3v) is 3.91. The number of hydrogen-bond acceptors (Lipinski definition) is 4. The Morgan fingerprint density at radius 1 is 1.33 bits per heavy atom. The second-order valence-corrected chi connectivity index (χ2v) is 7.38. The maximum absolute atomic E-state index is 13.5. The van der Waals surface area contributed by atoms with E-state index in [1.807, 2.05) is 13.8 Å². The summed E-state index contributed by atoms with van der Waals surface area (Å²) in [6, 6.07) is 4.20. The molecule has 9 heteroatoms. The molecule has 0 fully saturated rings. The molecule has 0 aliphatic heterocycles. The Labute approximate surface area is 130 Å². The van der Waals surface area contributed by atoms with Gasteiger partial charge in [-0.25, -0.2) is 17.9 Å². The fraction of sp³-hybridized carbons (Fsp3) is 0.333. The van der Waals surface area contributed by atoms with Crippen LogP contribution in [0.2, 0.25) is 0 Å². The predicted molar refractivity (Wildman–Crippen MR) is 79.3 cm³/mol. The third kappa shape index (κ3) is 3.66. The van der Waals surface area contributed by atoms with Gasteiger partial charge in [-0.05, 0) is 24.1 Å². The lowest BCUT2D eigenvalue weighted by atomic mass is 10.2. The number of nitrogens with zero attached hydrogens (tertiary/aromatic N) is 3. The van der Waals surface area contributed by atoms with Gasteiger partial charge in [-0.2, -0.15) is 0 Å². The molecule has 0 saturated heterocycles. The van der Waals surface area contributed by atoms with Crippen molar-refractivity contribution in [2.75, 3.05) is 0 Å². The summed E-state index contributed by atoms with van der Waals surface area (Å²) in [6.45, 7) is 4.18. The predicted octanol–water partition coefficient (Wildman–Crippen LogP) is 2.15. The van der Waals surface area contributed by atoms with Crippen molar-refractivity contribution in [3.05, 3.63) is 28.5 Å². The second kappa shape index (κ2) is 5.82. The zero-order valence-corrected chi connectivity index (χ0v) is 13.8. The molecule has 0 radical (unpaired) electrons. The quantitative estimate of drug-likeness (QED) is 0.884. The number of nitrogens with two attached hydrogens (primary N) is 1. The van der Waals surface area contributed by atoms with Crippen LogP contribution in [0.15, 0.2) is 27.8 Å². The Balaban J connectivity index is 2.66. The Morgan fingerprint density at radius 3 is 2.52 bits per heavy atom. The van der Waals surface area contributed by atoms with E-state index in [9.17, 15) is 12.8 Å². The largest absolute Gasteiger partial charge is 0.296 e. The smallest absolute Gasteiger partial charge is 0.273 e. The van der Waals surface area contributed by atoms with Crippen LogP contribution in [0.3, 0.4) is 0 Å². The van der Waals surface area contributed by atoms with Crippen LogP contribution in [0.5, 0.6) is 0 Å². The first-order valence-corrected chi connectivity index (χ1v) is 8.45. The van der Waals surface area contributed by atoms with Gasteiger partial charge in [-0.15, -0.1) is 10.2 Å². The molecule has 6 nitrogen and oxygen atoms in total. The van der Waals surface area contributed by atoms with E-state index in [0.717, 1.165) is 0 Å². The molecule has 1 aromatic carbocycles. The fourth-order valence-electron chi connectivity index (χ4n) is 1.93. The standard InChI is InChI=1S/C12H14BrFN4O2S/c1-7(2)6-18-11(16-17-12(18)21(15,19)20)8-3-9(13)5-10(14)4-8/h3-5,7H,6H2,1-2H3,(H2,15,19,20). The van der Waals surface area contributed by atoms with E-state index >= 15 is 0 Å². The Kier molecular flexibility index (Phi) is 4.45. The van der Waals surface area contributed by atoms with E-state index in [4.69, 9.17) is 5.14 Å². The van der Waals surface area contributed by atoms with Crippen LogP contribution in [-0.2, 0) is 16.6 Å². The van der Waals surface area contributed by atoms with Gasteiger partial charge in [0.2, 0.25) is 0 Å². The summed E-state index contributed by atoms with van der Waals surface area (Å²) in [7, 11) is -4.00. The molecule has 0 aliphatic rings. The first-order chi connectivity index (χ1) is 9.68. The monoisotopic (exact) mass is 376 g/mol. The van der Waals surface area contributed by atoms with E-state index in [1.54, 1.807) is 6.07 Å². The highest BCUT2D eigenvalue weighted by molar-refractivity contribution is 9.10. The van der Waals surface area contributed by atoms with Gasteiger partial charge in [0.25, 0.3) is 15.2 Å². The van der Waals surface area contributed by atoms with Crippen LogP contribution in [0, 0.1) is 11.7 Å². The van der Waals surface area contributed by atoms with Crippen molar-refractivity contribution in [2.24, 2.45) is 11.1 Å². The van der Waals surface area contributed by atoms with Crippen molar-refractivity contribution in [3.8, 4) is 11.4 Å². The molecule has 0 atom stereocenters. The van der Waals surface area contributed by atoms with Crippen molar-refractivity contribution < 1.29 is 12.8 Å². The highest BCUT2D eigenvalue weighted by Crippen LogP contribution is 2.25. The van der Waals surface area contributed by atoms with Crippen LogP contribution in [0.4, 0.5) is 4.39 Å². The topological polar surface area (TPSA) is 90.9 Å². The van der Waals surface area contributed by atoms with E-state index in [2.05, 4.69) is 26.1 Å². The minimum atomic E-state index is -4.00. The minimum Gasteiger partial charge on any atom is -0.296 e. The number of benzene rings is 1. The number of halogens is 2. The van der Waals surface area contributed by atoms with E-state index in [1.165, 1.54) is 16.7 Å². The van der Waals surface area contributed by atoms with Crippen molar-refractivity contribution in [2.45, 2.75) is 25.5 Å². The molecule has 114 valence electrons. The lowest BCUT2D eigenvalue weighted by Gasteiger charge is -2.12. The van der Waals surface area contributed by atoms with Crippen molar-refractivity contribution in [1.29, 1.82) is 0 Å². The van der Waals surface area contributed by atoms with Crippen molar-refractivity contribution in [3.63, 3.8) is 0 Å². The number of primary sulfonamides is 1. The summed E-state index contributed by atoms with van der Waals surface area (Å²) in [5, 5.41) is 12.3. The van der Waals surface area contributed by atoms with Gasteiger partial charge >= 0.3 is 0 Å². The van der Waals surface area contributed by atoms with Crippen LogP contribution < -0.4 is 5.14 Å². The minimum absolute atomic E-state index is 0.136. The highest BCUT2D eigenvalue weighted by Gasteiger charge is 2.23. The molecular formula is C12H14BrFN4O2S. The van der Waals surface area contributed by atoms with Gasteiger partial charge in [0.15, 0.2) is 5.82 Å². The van der Waals surface area contributed by atoms with Gasteiger partial charge in [-0.1, -0.05) is 29.8 Å². The molecule has 2 N–H and O–H groups in total. The van der Waals surface area contributed by atoms with Gasteiger partial charge in [0.05, 0.1) is 0 Å². The number of rotatable bonds is 4. The lowest BCUT2D eigenvalue weighted by molar-refractivity contribution is 0.486. The molecule has 0 unspecified atom stereocenters. The third-order valence-electron chi connectivity index (χ3n) is 2.64. The van der Waals surface area contributed by atoms with E-state index < -0.39 is 15.8 Å². The number of sulfonamides is 1. The Hall–Kier alpha value is -1.32. The Bertz CT molecular complexity index is 753. The Morgan fingerprint density at radius 2 is 2.00 bits per heavy atom. The molecule has 1 heterocycles. The average molecular weight is 377 g/mol. The summed E-state index contributed by atoms with van der Waals surface area (Å²) in [4.78, 5) is 0. The van der Waals surface area contributed by atoms with Crippen molar-refractivity contribution >= 4 is 26.0 Å². The fourth-order valence-corrected chi connectivity index (χ4v) is 3.01. The van der Waals surface area contributed by atoms with Crippen LogP contribution in [0.25, 0.3) is 11.4 Å².